The van der Waals surface area contributed by atoms with E-state index in [1.807, 2.05) is 0 Å². The normalized spacial score (nSPS) is 20.2. The molecule has 0 fully saturated rings. The van der Waals surface area contributed by atoms with Gasteiger partial charge in [-0.1, -0.05) is 42.5 Å². The minimum absolute atomic E-state index is 0.00501. The minimum Gasteiger partial charge on any atom is -0.384 e. The molecule has 0 saturated carbocycles. The highest BCUT2D eigenvalue weighted by Gasteiger charge is 2.53. The lowest BCUT2D eigenvalue weighted by atomic mass is 9.88. The Balaban J connectivity index is 1.82. The number of benzene rings is 2. The van der Waals surface area contributed by atoms with E-state index in [1.54, 1.807) is 18.2 Å². The molecule has 1 aliphatic rings. The maximum absolute atomic E-state index is 13.7. The van der Waals surface area contributed by atoms with Crippen molar-refractivity contribution in [1.29, 1.82) is 0 Å². The highest BCUT2D eigenvalue weighted by atomic mass is 32.2. The van der Waals surface area contributed by atoms with Crippen molar-refractivity contribution in [2.75, 3.05) is 0 Å². The Morgan fingerprint density at radius 3 is 2.42 bits per heavy atom. The van der Waals surface area contributed by atoms with Crippen LogP contribution in [0, 0.1) is 18.6 Å². The number of azo groups is 1. The molecular formula is C23H18F5N5O4S. The first-order valence-electron chi connectivity index (χ1n) is 10.7. The molecule has 1 aromatic heterocycles. The highest BCUT2D eigenvalue weighted by molar-refractivity contribution is 7.90. The van der Waals surface area contributed by atoms with E-state index < -0.39 is 50.2 Å². The third-order valence-electron chi connectivity index (χ3n) is 5.56. The molecule has 0 saturated heterocycles. The number of rotatable bonds is 6. The molecule has 0 amide bonds. The summed E-state index contributed by atoms with van der Waals surface area (Å²) >= 11 is 0. The number of H-pyrrole nitrogens is 1. The lowest BCUT2D eigenvalue weighted by Crippen LogP contribution is -2.57. The number of hydrogen-bond donors (Lipinski definition) is 3. The monoisotopic (exact) mass is 555 g/mol. The number of aryl methyl sites for hydroxylation is 1. The second-order valence-electron chi connectivity index (χ2n) is 8.15. The van der Waals surface area contributed by atoms with Crippen molar-refractivity contribution in [3.8, 4) is 5.69 Å². The molecule has 9 nitrogen and oxygen atoms in total. The summed E-state index contributed by atoms with van der Waals surface area (Å²) in [6, 6.07) is 10.5. The predicted octanol–water partition coefficient (Wildman–Crippen LogP) is 3.99. The van der Waals surface area contributed by atoms with Gasteiger partial charge in [0, 0.05) is 6.07 Å². The Bertz CT molecular complexity index is 1630. The highest BCUT2D eigenvalue weighted by Crippen LogP contribution is 2.35. The van der Waals surface area contributed by atoms with Gasteiger partial charge in [0.15, 0.2) is 23.0 Å². The molecule has 2 unspecified atom stereocenters. The van der Waals surface area contributed by atoms with Crippen LogP contribution in [0.5, 0.6) is 0 Å². The van der Waals surface area contributed by atoms with Crippen LogP contribution in [-0.4, -0.2) is 40.6 Å². The van der Waals surface area contributed by atoms with Gasteiger partial charge in [0.25, 0.3) is 5.56 Å². The maximum atomic E-state index is 13.7. The number of allylic oxidation sites excluding steroid dienone is 2. The second-order valence-corrected chi connectivity index (χ2v) is 9.82. The SMILES string of the molecule is Cc1[nH]n(-c2ccc(F)c(F)c2)c(=O)c1N=NC1(NS(=O)(=O)C(F)(F)F)C=CC=C(c2ccccc2)C1O. The molecule has 0 radical (unpaired) electrons. The molecule has 200 valence electrons. The lowest BCUT2D eigenvalue weighted by Gasteiger charge is -2.34. The molecule has 1 heterocycles. The zero-order valence-electron chi connectivity index (χ0n) is 19.2. The molecule has 0 bridgehead atoms. The van der Waals surface area contributed by atoms with Crippen LogP contribution in [-0.2, 0) is 10.0 Å². The summed E-state index contributed by atoms with van der Waals surface area (Å²) in [6.45, 7) is 1.33. The molecule has 3 aromatic rings. The standard InChI is InChI=1S/C23H18F5N5O4S/c1-13-19(21(35)33(30-13)15-9-10-17(24)18(25)12-15)29-31-22(32-38(36,37)23(26,27)28)11-5-8-16(20(22)34)14-6-3-2-4-7-14/h2-12,20,30,32,34H,1H3. The van der Waals surface area contributed by atoms with Gasteiger partial charge in [-0.05, 0) is 36.3 Å². The Morgan fingerprint density at radius 2 is 1.79 bits per heavy atom. The van der Waals surface area contributed by atoms with Crippen LogP contribution in [0.15, 0.2) is 81.8 Å². The summed E-state index contributed by atoms with van der Waals surface area (Å²) in [5.74, 6) is -2.41. The van der Waals surface area contributed by atoms with E-state index in [4.69, 9.17) is 0 Å². The van der Waals surface area contributed by atoms with E-state index in [2.05, 4.69) is 15.3 Å². The second kappa shape index (κ2) is 9.74. The van der Waals surface area contributed by atoms with Crippen molar-refractivity contribution in [3.05, 3.63) is 100 Å². The fourth-order valence-electron chi connectivity index (χ4n) is 3.67. The smallest absolute Gasteiger partial charge is 0.384 e. The summed E-state index contributed by atoms with van der Waals surface area (Å²) in [7, 11) is -6.08. The maximum Gasteiger partial charge on any atom is 0.511 e. The van der Waals surface area contributed by atoms with Crippen molar-refractivity contribution in [2.45, 2.75) is 24.2 Å². The molecule has 2 atom stereocenters. The number of aromatic nitrogens is 2. The molecule has 3 N–H and O–H groups in total. The summed E-state index contributed by atoms with van der Waals surface area (Å²) in [5.41, 5.74) is -9.67. The Labute approximate surface area is 211 Å². The largest absolute Gasteiger partial charge is 0.511 e. The van der Waals surface area contributed by atoms with E-state index >= 15 is 0 Å². The molecule has 38 heavy (non-hydrogen) atoms. The quantitative estimate of drug-likeness (QED) is 0.314. The van der Waals surface area contributed by atoms with Gasteiger partial charge < -0.3 is 5.11 Å². The molecule has 15 heteroatoms. The molecule has 0 aliphatic heterocycles. The number of alkyl halides is 3. The van der Waals surface area contributed by atoms with Gasteiger partial charge in [-0.2, -0.15) is 23.0 Å². The van der Waals surface area contributed by atoms with Crippen LogP contribution >= 0.6 is 0 Å². The number of halogens is 5. The van der Waals surface area contributed by atoms with Crippen LogP contribution in [0.3, 0.4) is 0 Å². The first-order chi connectivity index (χ1) is 17.8. The van der Waals surface area contributed by atoms with Crippen molar-refractivity contribution in [3.63, 3.8) is 0 Å². The molecule has 1 aliphatic carbocycles. The van der Waals surface area contributed by atoms with Crippen LogP contribution < -0.4 is 10.3 Å². The average Bonchev–Trinajstić information content (AvgIpc) is 3.14. The number of aliphatic hydroxyl groups is 1. The average molecular weight is 555 g/mol. The first kappa shape index (κ1) is 27.1. The van der Waals surface area contributed by atoms with Crippen LogP contribution in [0.25, 0.3) is 11.3 Å². The van der Waals surface area contributed by atoms with Gasteiger partial charge in [0.1, 0.15) is 6.10 Å². The molecule has 0 spiro atoms. The van der Waals surface area contributed by atoms with Crippen LogP contribution in [0.1, 0.15) is 11.3 Å². The van der Waals surface area contributed by atoms with E-state index in [-0.39, 0.29) is 17.0 Å². The summed E-state index contributed by atoms with van der Waals surface area (Å²) in [5, 5.41) is 21.0. The number of nitrogens with one attached hydrogen (secondary N) is 2. The minimum atomic E-state index is -6.08. The zero-order chi connectivity index (χ0) is 27.9. The van der Waals surface area contributed by atoms with Gasteiger partial charge >= 0.3 is 15.5 Å². The Kier molecular flexibility index (Phi) is 6.94. The van der Waals surface area contributed by atoms with E-state index in [9.17, 15) is 40.3 Å². The predicted molar refractivity (Wildman–Crippen MR) is 126 cm³/mol. The van der Waals surface area contributed by atoms with Crippen LogP contribution in [0.4, 0.5) is 27.6 Å². The summed E-state index contributed by atoms with van der Waals surface area (Å²) in [4.78, 5) is 12.9. The van der Waals surface area contributed by atoms with Crippen molar-refractivity contribution in [2.24, 2.45) is 10.2 Å². The van der Waals surface area contributed by atoms with Crippen LogP contribution in [0.2, 0.25) is 0 Å². The van der Waals surface area contributed by atoms with Crippen molar-refractivity contribution in [1.82, 2.24) is 14.5 Å². The molecule has 2 aromatic carbocycles. The topological polar surface area (TPSA) is 129 Å². The number of aliphatic hydroxyl groups excluding tert-OH is 1. The molecular weight excluding hydrogens is 537 g/mol. The zero-order valence-corrected chi connectivity index (χ0v) is 20.1. The number of sulfonamides is 1. The summed E-state index contributed by atoms with van der Waals surface area (Å²) < 4.78 is 93.1. The number of hydrogen-bond acceptors (Lipinski definition) is 6. The third kappa shape index (κ3) is 4.94. The fraction of sp³-hybridized carbons (Fsp3) is 0.174. The Hall–Kier alpha value is -3.95. The molecule has 4 rings (SSSR count). The van der Waals surface area contributed by atoms with Gasteiger partial charge in [0.2, 0.25) is 0 Å². The van der Waals surface area contributed by atoms with Crippen molar-refractivity contribution < 1.29 is 35.5 Å². The first-order valence-corrected chi connectivity index (χ1v) is 12.2. The summed E-state index contributed by atoms with van der Waals surface area (Å²) in [6.07, 6.45) is 1.37. The van der Waals surface area contributed by atoms with E-state index in [0.717, 1.165) is 29.0 Å². The van der Waals surface area contributed by atoms with Gasteiger partial charge in [0.05, 0.1) is 11.4 Å². The van der Waals surface area contributed by atoms with Crippen molar-refractivity contribution >= 4 is 21.3 Å². The van der Waals surface area contributed by atoms with E-state index in [0.29, 0.717) is 5.56 Å². The van der Waals surface area contributed by atoms with Gasteiger partial charge in [-0.25, -0.2) is 21.9 Å². The lowest BCUT2D eigenvalue weighted by molar-refractivity contribution is -0.0460. The van der Waals surface area contributed by atoms with Gasteiger partial charge in [-0.3, -0.25) is 9.89 Å². The third-order valence-corrected chi connectivity index (χ3v) is 6.77. The number of nitrogens with zero attached hydrogens (tertiary/aromatic N) is 3. The number of aromatic amines is 1. The van der Waals surface area contributed by atoms with E-state index in [1.165, 1.54) is 35.9 Å². The van der Waals surface area contributed by atoms with Gasteiger partial charge in [-0.15, -0.1) is 5.11 Å². The Morgan fingerprint density at radius 1 is 1.11 bits per heavy atom. The fourth-order valence-corrected chi connectivity index (χ4v) is 4.43.